The number of nitriles is 1. The lowest BCUT2D eigenvalue weighted by Crippen LogP contribution is -2.26. The van der Waals surface area contributed by atoms with E-state index in [1.54, 1.807) is 24.3 Å². The third kappa shape index (κ3) is 3.24. The molecule has 2 rings (SSSR count). The van der Waals surface area contributed by atoms with Gasteiger partial charge in [0, 0.05) is 5.56 Å². The van der Waals surface area contributed by atoms with Crippen molar-refractivity contribution in [3.8, 4) is 6.07 Å². The normalized spacial score (nSPS) is 11.4. The summed E-state index contributed by atoms with van der Waals surface area (Å²) in [7, 11) is 0. The van der Waals surface area contributed by atoms with Crippen molar-refractivity contribution in [1.82, 2.24) is 5.32 Å². The third-order valence-corrected chi connectivity index (χ3v) is 3.20. The van der Waals surface area contributed by atoms with Crippen molar-refractivity contribution >= 4 is 5.91 Å². The number of hydrogen-bond donors (Lipinski definition) is 1. The fraction of sp³-hybridized carbons (Fsp3) is 0.176. The maximum atomic E-state index is 12.1. The Kier molecular flexibility index (Phi) is 4.17. The van der Waals surface area contributed by atoms with E-state index >= 15 is 0 Å². The maximum absolute atomic E-state index is 12.1. The largest absolute Gasteiger partial charge is 0.346 e. The van der Waals surface area contributed by atoms with Crippen molar-refractivity contribution in [1.29, 1.82) is 5.26 Å². The Morgan fingerprint density at radius 1 is 1.10 bits per heavy atom. The van der Waals surface area contributed by atoms with Gasteiger partial charge in [0.25, 0.3) is 5.91 Å². The lowest BCUT2D eigenvalue weighted by atomic mass is 10.1. The van der Waals surface area contributed by atoms with Crippen LogP contribution in [0.1, 0.15) is 40.0 Å². The van der Waals surface area contributed by atoms with E-state index in [4.69, 9.17) is 5.26 Å². The molecule has 0 spiro atoms. The second kappa shape index (κ2) is 6.03. The molecule has 0 radical (unpaired) electrons. The summed E-state index contributed by atoms with van der Waals surface area (Å²) in [6.45, 7) is 3.98. The number of amides is 1. The summed E-state index contributed by atoms with van der Waals surface area (Å²) in [5.41, 5.74) is 3.37. The van der Waals surface area contributed by atoms with Crippen molar-refractivity contribution in [3.05, 3.63) is 70.8 Å². The van der Waals surface area contributed by atoms with Gasteiger partial charge in [-0.3, -0.25) is 4.79 Å². The second-order valence-electron chi connectivity index (χ2n) is 4.79. The SMILES string of the molecule is Cc1ccc(C(C)NC(=O)c2ccc(C#N)cc2)cc1. The van der Waals surface area contributed by atoms with Crippen LogP contribution in [0.3, 0.4) is 0 Å². The summed E-state index contributed by atoms with van der Waals surface area (Å²) in [4.78, 5) is 12.1. The Morgan fingerprint density at radius 3 is 2.25 bits per heavy atom. The molecule has 3 heteroatoms. The van der Waals surface area contributed by atoms with Crippen LogP contribution >= 0.6 is 0 Å². The van der Waals surface area contributed by atoms with Crippen LogP contribution in [0.4, 0.5) is 0 Å². The summed E-state index contributed by atoms with van der Waals surface area (Å²) in [5.74, 6) is -0.137. The molecule has 20 heavy (non-hydrogen) atoms. The molecule has 3 nitrogen and oxygen atoms in total. The van der Waals surface area contributed by atoms with Crippen LogP contribution in [0, 0.1) is 18.3 Å². The number of carbonyl (C=O) groups excluding carboxylic acids is 1. The number of benzene rings is 2. The van der Waals surface area contributed by atoms with Gasteiger partial charge < -0.3 is 5.32 Å². The van der Waals surface area contributed by atoms with E-state index in [1.165, 1.54) is 5.56 Å². The van der Waals surface area contributed by atoms with Crippen LogP contribution in [-0.4, -0.2) is 5.91 Å². The standard InChI is InChI=1S/C17H16N2O/c1-12-3-7-15(8-4-12)13(2)19-17(20)16-9-5-14(11-18)6-10-16/h3-10,13H,1-2H3,(H,19,20). The molecule has 100 valence electrons. The molecule has 0 aliphatic carbocycles. The summed E-state index contributed by atoms with van der Waals surface area (Å²) in [6, 6.07) is 16.7. The molecule has 2 aromatic rings. The minimum Gasteiger partial charge on any atom is -0.346 e. The van der Waals surface area contributed by atoms with Crippen LogP contribution in [0.25, 0.3) is 0 Å². The number of aryl methyl sites for hydroxylation is 1. The zero-order valence-corrected chi connectivity index (χ0v) is 11.6. The number of hydrogen-bond acceptors (Lipinski definition) is 2. The van der Waals surface area contributed by atoms with Crippen LogP contribution in [0.15, 0.2) is 48.5 Å². The Labute approximate surface area is 118 Å². The quantitative estimate of drug-likeness (QED) is 0.924. The first-order valence-corrected chi connectivity index (χ1v) is 6.48. The highest BCUT2D eigenvalue weighted by Gasteiger charge is 2.11. The van der Waals surface area contributed by atoms with Gasteiger partial charge >= 0.3 is 0 Å². The van der Waals surface area contributed by atoms with E-state index < -0.39 is 0 Å². The summed E-state index contributed by atoms with van der Waals surface area (Å²) < 4.78 is 0. The van der Waals surface area contributed by atoms with E-state index in [0.717, 1.165) is 5.56 Å². The van der Waals surface area contributed by atoms with Gasteiger partial charge in [0.2, 0.25) is 0 Å². The molecule has 0 heterocycles. The van der Waals surface area contributed by atoms with E-state index in [2.05, 4.69) is 5.32 Å². The average molecular weight is 264 g/mol. The molecular weight excluding hydrogens is 248 g/mol. The second-order valence-corrected chi connectivity index (χ2v) is 4.79. The molecule has 0 aliphatic heterocycles. The smallest absolute Gasteiger partial charge is 0.251 e. The lowest BCUT2D eigenvalue weighted by Gasteiger charge is -2.14. The number of nitrogens with one attached hydrogen (secondary N) is 1. The fourth-order valence-electron chi connectivity index (χ4n) is 1.91. The predicted molar refractivity (Wildman–Crippen MR) is 78.2 cm³/mol. The highest BCUT2D eigenvalue weighted by Crippen LogP contribution is 2.14. The Bertz CT molecular complexity index is 636. The predicted octanol–water partition coefficient (Wildman–Crippen LogP) is 3.36. The van der Waals surface area contributed by atoms with E-state index in [-0.39, 0.29) is 11.9 Å². The highest BCUT2D eigenvalue weighted by molar-refractivity contribution is 5.94. The fourth-order valence-corrected chi connectivity index (χ4v) is 1.91. The average Bonchev–Trinajstić information content (AvgIpc) is 2.48. The highest BCUT2D eigenvalue weighted by atomic mass is 16.1. The molecular formula is C17H16N2O. The van der Waals surface area contributed by atoms with Gasteiger partial charge in [-0.15, -0.1) is 0 Å². The molecule has 1 N–H and O–H groups in total. The Balaban J connectivity index is 2.06. The van der Waals surface area contributed by atoms with Gasteiger partial charge in [-0.1, -0.05) is 29.8 Å². The van der Waals surface area contributed by atoms with Crippen molar-refractivity contribution in [2.75, 3.05) is 0 Å². The molecule has 0 aliphatic rings. The van der Waals surface area contributed by atoms with Crippen LogP contribution in [0.5, 0.6) is 0 Å². The number of rotatable bonds is 3. The molecule has 2 aromatic carbocycles. The number of nitrogens with zero attached hydrogens (tertiary/aromatic N) is 1. The Hall–Kier alpha value is -2.60. The molecule has 0 saturated carbocycles. The summed E-state index contributed by atoms with van der Waals surface area (Å²) >= 11 is 0. The molecule has 1 atom stereocenters. The monoisotopic (exact) mass is 264 g/mol. The van der Waals surface area contributed by atoms with Gasteiger partial charge in [0.1, 0.15) is 0 Å². The third-order valence-electron chi connectivity index (χ3n) is 3.20. The molecule has 0 bridgehead atoms. The van der Waals surface area contributed by atoms with E-state index in [0.29, 0.717) is 11.1 Å². The molecule has 1 unspecified atom stereocenters. The first-order chi connectivity index (χ1) is 9.60. The first kappa shape index (κ1) is 13.8. The van der Waals surface area contributed by atoms with Gasteiger partial charge in [-0.05, 0) is 43.7 Å². The topological polar surface area (TPSA) is 52.9 Å². The van der Waals surface area contributed by atoms with Crippen LogP contribution in [-0.2, 0) is 0 Å². The zero-order valence-electron chi connectivity index (χ0n) is 11.6. The van der Waals surface area contributed by atoms with Gasteiger partial charge in [0.15, 0.2) is 0 Å². The van der Waals surface area contributed by atoms with Crippen LogP contribution < -0.4 is 5.32 Å². The molecule has 0 saturated heterocycles. The number of carbonyl (C=O) groups is 1. The van der Waals surface area contributed by atoms with E-state index in [9.17, 15) is 4.79 Å². The van der Waals surface area contributed by atoms with Crippen molar-refractivity contribution in [3.63, 3.8) is 0 Å². The molecule has 0 aromatic heterocycles. The Morgan fingerprint density at radius 2 is 1.70 bits per heavy atom. The lowest BCUT2D eigenvalue weighted by molar-refractivity contribution is 0.0940. The minimum absolute atomic E-state index is 0.0567. The minimum atomic E-state index is -0.137. The summed E-state index contributed by atoms with van der Waals surface area (Å²) in [5, 5.41) is 11.7. The van der Waals surface area contributed by atoms with Crippen molar-refractivity contribution in [2.45, 2.75) is 19.9 Å². The van der Waals surface area contributed by atoms with Gasteiger partial charge in [-0.25, -0.2) is 0 Å². The molecule has 0 fully saturated rings. The van der Waals surface area contributed by atoms with E-state index in [1.807, 2.05) is 44.2 Å². The summed E-state index contributed by atoms with van der Waals surface area (Å²) in [6.07, 6.45) is 0. The molecule has 1 amide bonds. The van der Waals surface area contributed by atoms with Crippen molar-refractivity contribution in [2.24, 2.45) is 0 Å². The van der Waals surface area contributed by atoms with Crippen LogP contribution in [0.2, 0.25) is 0 Å². The first-order valence-electron chi connectivity index (χ1n) is 6.48. The van der Waals surface area contributed by atoms with Gasteiger partial charge in [0.05, 0.1) is 17.7 Å². The zero-order chi connectivity index (χ0) is 14.5. The maximum Gasteiger partial charge on any atom is 0.251 e. The van der Waals surface area contributed by atoms with Crippen molar-refractivity contribution < 1.29 is 4.79 Å². The van der Waals surface area contributed by atoms with Gasteiger partial charge in [-0.2, -0.15) is 5.26 Å².